The van der Waals surface area contributed by atoms with Crippen LogP contribution in [0.2, 0.25) is 0 Å². The molecule has 3 aromatic rings. The van der Waals surface area contributed by atoms with E-state index in [9.17, 15) is 13.2 Å². The van der Waals surface area contributed by atoms with E-state index < -0.39 is 10.0 Å². The molecule has 3 heterocycles. The largest absolute Gasteiger partial charge is 0.351 e. The number of benzene rings is 2. The standard InChI is InChI=1S/C29H39N5O3S2/c1-4-24-7-5-6-15-34(24)39(36,37)25-12-10-23(11-13-25)28(35)30-14-16-32-17-19-33(20-18-32)29-31-26-21(2)8-9-22(3)27(26)38-29/h8-13,24H,4-7,14-20H2,1-3H3,(H,30,35). The zero-order valence-corrected chi connectivity index (χ0v) is 24.8. The van der Waals surface area contributed by atoms with Gasteiger partial charge in [-0.25, -0.2) is 13.4 Å². The number of piperazine rings is 1. The molecular weight excluding hydrogens is 530 g/mol. The molecule has 0 bridgehead atoms. The number of nitrogens with one attached hydrogen (secondary N) is 1. The van der Waals surface area contributed by atoms with Gasteiger partial charge in [-0.1, -0.05) is 36.8 Å². The Morgan fingerprint density at radius 1 is 1.00 bits per heavy atom. The van der Waals surface area contributed by atoms with Gasteiger partial charge in [-0.15, -0.1) is 0 Å². The summed E-state index contributed by atoms with van der Waals surface area (Å²) in [5.41, 5.74) is 4.08. The first-order valence-electron chi connectivity index (χ1n) is 14.0. The lowest BCUT2D eigenvalue weighted by Crippen LogP contribution is -2.48. The quantitative estimate of drug-likeness (QED) is 0.432. The number of sulfonamides is 1. The molecule has 1 atom stereocenters. The number of hydrogen-bond donors (Lipinski definition) is 1. The number of carbonyl (C=O) groups is 1. The van der Waals surface area contributed by atoms with Gasteiger partial charge in [0, 0.05) is 57.4 Å². The number of thiazole rings is 1. The smallest absolute Gasteiger partial charge is 0.251 e. The third kappa shape index (κ3) is 5.99. The minimum absolute atomic E-state index is 0.0585. The predicted molar refractivity (Wildman–Crippen MR) is 158 cm³/mol. The van der Waals surface area contributed by atoms with Crippen molar-refractivity contribution >= 4 is 42.6 Å². The Kier molecular flexibility index (Phi) is 8.56. The number of fused-ring (bicyclic) bond motifs is 1. The van der Waals surface area contributed by atoms with Gasteiger partial charge < -0.3 is 10.2 Å². The molecule has 39 heavy (non-hydrogen) atoms. The van der Waals surface area contributed by atoms with Crippen LogP contribution >= 0.6 is 11.3 Å². The van der Waals surface area contributed by atoms with Crippen molar-refractivity contribution < 1.29 is 13.2 Å². The average Bonchev–Trinajstić information content (AvgIpc) is 3.42. The average molecular weight is 570 g/mol. The summed E-state index contributed by atoms with van der Waals surface area (Å²) in [6.45, 7) is 11.9. The summed E-state index contributed by atoms with van der Waals surface area (Å²) >= 11 is 1.78. The van der Waals surface area contributed by atoms with Crippen LogP contribution in [0, 0.1) is 13.8 Å². The second-order valence-electron chi connectivity index (χ2n) is 10.7. The molecular formula is C29H39N5O3S2. The normalized spacial score (nSPS) is 19.5. The summed E-state index contributed by atoms with van der Waals surface area (Å²) in [6.07, 6.45) is 3.69. The minimum atomic E-state index is -3.55. The van der Waals surface area contributed by atoms with Crippen LogP contribution < -0.4 is 10.2 Å². The fraction of sp³-hybridized carbons (Fsp3) is 0.517. The third-order valence-electron chi connectivity index (χ3n) is 8.05. The van der Waals surface area contributed by atoms with Gasteiger partial charge in [-0.2, -0.15) is 4.31 Å². The lowest BCUT2D eigenvalue weighted by atomic mass is 10.0. The maximum Gasteiger partial charge on any atom is 0.251 e. The van der Waals surface area contributed by atoms with Gasteiger partial charge in [0.2, 0.25) is 10.0 Å². The van der Waals surface area contributed by atoms with Gasteiger partial charge in [0.05, 0.1) is 15.1 Å². The summed E-state index contributed by atoms with van der Waals surface area (Å²) in [5.74, 6) is -0.179. The summed E-state index contributed by atoms with van der Waals surface area (Å²) in [5, 5.41) is 4.08. The molecule has 2 aliphatic heterocycles. The van der Waals surface area contributed by atoms with Crippen molar-refractivity contribution in [3.05, 3.63) is 53.1 Å². The number of carbonyl (C=O) groups excluding carboxylic acids is 1. The van der Waals surface area contributed by atoms with Crippen molar-refractivity contribution in [3.63, 3.8) is 0 Å². The Labute approximate surface area is 236 Å². The van der Waals surface area contributed by atoms with Gasteiger partial charge in [0.25, 0.3) is 5.91 Å². The highest BCUT2D eigenvalue weighted by Crippen LogP contribution is 2.33. The number of amides is 1. The zero-order chi connectivity index (χ0) is 27.6. The fourth-order valence-corrected chi connectivity index (χ4v) is 8.52. The zero-order valence-electron chi connectivity index (χ0n) is 23.1. The van der Waals surface area contributed by atoms with Crippen LogP contribution in [0.3, 0.4) is 0 Å². The van der Waals surface area contributed by atoms with E-state index in [1.165, 1.54) is 15.8 Å². The SMILES string of the molecule is CCC1CCCCN1S(=O)(=O)c1ccc(C(=O)NCCN2CCN(c3nc4c(C)ccc(C)c4s3)CC2)cc1. The van der Waals surface area contributed by atoms with E-state index in [0.29, 0.717) is 18.7 Å². The molecule has 2 aliphatic rings. The molecule has 0 spiro atoms. The Hall–Kier alpha value is -2.53. The first-order valence-corrected chi connectivity index (χ1v) is 16.3. The van der Waals surface area contributed by atoms with Crippen molar-refractivity contribution in [1.29, 1.82) is 0 Å². The molecule has 10 heteroatoms. The first kappa shape index (κ1) is 28.0. The highest BCUT2D eigenvalue weighted by molar-refractivity contribution is 7.89. The van der Waals surface area contributed by atoms with Crippen LogP contribution in [0.5, 0.6) is 0 Å². The molecule has 2 saturated heterocycles. The van der Waals surface area contributed by atoms with Crippen LogP contribution in [0.25, 0.3) is 10.2 Å². The Morgan fingerprint density at radius 2 is 1.72 bits per heavy atom. The van der Waals surface area contributed by atoms with E-state index >= 15 is 0 Å². The van der Waals surface area contributed by atoms with Crippen molar-refractivity contribution in [3.8, 4) is 0 Å². The van der Waals surface area contributed by atoms with Crippen molar-refractivity contribution in [2.24, 2.45) is 0 Å². The fourth-order valence-electron chi connectivity index (χ4n) is 5.59. The summed E-state index contributed by atoms with van der Waals surface area (Å²) in [4.78, 5) is 22.6. The van der Waals surface area contributed by atoms with Crippen LogP contribution in [0.1, 0.15) is 54.1 Å². The monoisotopic (exact) mass is 569 g/mol. The number of piperidine rings is 1. The molecule has 210 valence electrons. The topological polar surface area (TPSA) is 85.8 Å². The Balaban J connectivity index is 1.10. The van der Waals surface area contributed by atoms with E-state index in [0.717, 1.165) is 69.1 Å². The van der Waals surface area contributed by atoms with Crippen LogP contribution in [-0.2, 0) is 10.0 Å². The second kappa shape index (κ2) is 11.9. The van der Waals surface area contributed by atoms with Crippen LogP contribution in [0.4, 0.5) is 5.13 Å². The van der Waals surface area contributed by atoms with E-state index in [4.69, 9.17) is 4.98 Å². The maximum absolute atomic E-state index is 13.2. The molecule has 0 saturated carbocycles. The van der Waals surface area contributed by atoms with Gasteiger partial charge >= 0.3 is 0 Å². The van der Waals surface area contributed by atoms with E-state index in [1.54, 1.807) is 39.9 Å². The lowest BCUT2D eigenvalue weighted by molar-refractivity contribution is 0.0947. The summed E-state index contributed by atoms with van der Waals surface area (Å²) < 4.78 is 29.3. The maximum atomic E-state index is 13.2. The lowest BCUT2D eigenvalue weighted by Gasteiger charge is -2.34. The molecule has 1 amide bonds. The molecule has 1 aromatic heterocycles. The first-order chi connectivity index (χ1) is 18.8. The van der Waals surface area contributed by atoms with E-state index in [-0.39, 0.29) is 16.8 Å². The van der Waals surface area contributed by atoms with Crippen LogP contribution in [0.15, 0.2) is 41.3 Å². The molecule has 5 rings (SSSR count). The number of hydrogen-bond acceptors (Lipinski definition) is 7. The number of aryl methyl sites for hydroxylation is 2. The van der Waals surface area contributed by atoms with E-state index in [1.807, 2.05) is 6.92 Å². The summed E-state index contributed by atoms with van der Waals surface area (Å²) in [6, 6.07) is 10.7. The highest BCUT2D eigenvalue weighted by atomic mass is 32.2. The van der Waals surface area contributed by atoms with Crippen molar-refractivity contribution in [1.82, 2.24) is 19.5 Å². The van der Waals surface area contributed by atoms with Gasteiger partial charge in [-0.05, 0) is 68.5 Å². The molecule has 2 fully saturated rings. The number of nitrogens with zero attached hydrogens (tertiary/aromatic N) is 4. The van der Waals surface area contributed by atoms with Crippen molar-refractivity contribution in [2.75, 3.05) is 50.7 Å². The van der Waals surface area contributed by atoms with Gasteiger partial charge in [0.1, 0.15) is 0 Å². The summed E-state index contributed by atoms with van der Waals surface area (Å²) in [7, 11) is -3.55. The molecule has 1 unspecified atom stereocenters. The van der Waals surface area contributed by atoms with Gasteiger partial charge in [0.15, 0.2) is 5.13 Å². The van der Waals surface area contributed by atoms with Crippen molar-refractivity contribution in [2.45, 2.75) is 57.4 Å². The number of rotatable bonds is 8. The molecule has 2 aromatic carbocycles. The van der Waals surface area contributed by atoms with Crippen LogP contribution in [-0.4, -0.2) is 80.4 Å². The predicted octanol–water partition coefficient (Wildman–Crippen LogP) is 4.42. The molecule has 0 aliphatic carbocycles. The van der Waals surface area contributed by atoms with E-state index in [2.05, 4.69) is 41.1 Å². The Morgan fingerprint density at radius 3 is 2.41 bits per heavy atom. The minimum Gasteiger partial charge on any atom is -0.351 e. The van der Waals surface area contributed by atoms with Gasteiger partial charge in [-0.3, -0.25) is 9.69 Å². The Bertz CT molecular complexity index is 1370. The molecule has 0 radical (unpaired) electrons. The molecule has 8 nitrogen and oxygen atoms in total. The highest BCUT2D eigenvalue weighted by Gasteiger charge is 2.32. The number of anilines is 1. The number of aromatic nitrogens is 1. The second-order valence-corrected chi connectivity index (χ2v) is 13.5. The third-order valence-corrected chi connectivity index (χ3v) is 11.3. The molecule has 1 N–H and O–H groups in total.